The van der Waals surface area contributed by atoms with Crippen LogP contribution in [0.4, 0.5) is 0 Å². The summed E-state index contributed by atoms with van der Waals surface area (Å²) in [6.45, 7) is 6.39. The third kappa shape index (κ3) is 2.62. The van der Waals surface area contributed by atoms with Gasteiger partial charge in [0.25, 0.3) is 0 Å². The van der Waals surface area contributed by atoms with Crippen molar-refractivity contribution in [2.45, 2.75) is 26.4 Å². The normalized spacial score (nSPS) is 17.7. The van der Waals surface area contributed by atoms with E-state index in [1.165, 1.54) is 6.08 Å². The van der Waals surface area contributed by atoms with E-state index >= 15 is 0 Å². The molecule has 0 radical (unpaired) electrons. The summed E-state index contributed by atoms with van der Waals surface area (Å²) in [5.74, 6) is 0.659. The van der Waals surface area contributed by atoms with Gasteiger partial charge in [0.05, 0.1) is 6.54 Å². The highest BCUT2D eigenvalue weighted by Gasteiger charge is 2.18. The van der Waals surface area contributed by atoms with E-state index in [0.29, 0.717) is 6.54 Å². The maximum Gasteiger partial charge on any atom is 0.247 e. The first kappa shape index (κ1) is 8.11. The van der Waals surface area contributed by atoms with Gasteiger partial charge < -0.3 is 10.1 Å². The van der Waals surface area contributed by atoms with Gasteiger partial charge in [-0.2, -0.15) is 0 Å². The van der Waals surface area contributed by atoms with Crippen molar-refractivity contribution in [3.05, 3.63) is 11.8 Å². The van der Waals surface area contributed by atoms with Gasteiger partial charge in [-0.25, -0.2) is 0 Å². The summed E-state index contributed by atoms with van der Waals surface area (Å²) in [7, 11) is 0. The second-order valence-electron chi connectivity index (χ2n) is 3.54. The number of hydrogen-bond acceptors (Lipinski definition) is 2. The fourth-order valence-corrected chi connectivity index (χ4v) is 0.881. The number of amides is 1. The van der Waals surface area contributed by atoms with Crippen molar-refractivity contribution in [3.8, 4) is 0 Å². The first-order valence-electron chi connectivity index (χ1n) is 3.65. The van der Waals surface area contributed by atoms with E-state index in [2.05, 4.69) is 5.32 Å². The predicted molar refractivity (Wildman–Crippen MR) is 41.9 cm³/mol. The zero-order valence-electron chi connectivity index (χ0n) is 7.10. The van der Waals surface area contributed by atoms with E-state index in [4.69, 9.17) is 4.74 Å². The summed E-state index contributed by atoms with van der Waals surface area (Å²) in [6.07, 6.45) is 1.49. The zero-order valence-corrected chi connectivity index (χ0v) is 7.10. The number of rotatable bonds is 1. The molecule has 0 aromatic rings. The molecule has 1 aliphatic rings. The molecule has 0 atom stereocenters. The Balaban J connectivity index is 2.51. The molecule has 1 amide bonds. The van der Waals surface area contributed by atoms with Crippen molar-refractivity contribution < 1.29 is 9.53 Å². The average molecular weight is 155 g/mol. The molecule has 3 nitrogen and oxygen atoms in total. The zero-order chi connectivity index (χ0) is 8.48. The summed E-state index contributed by atoms with van der Waals surface area (Å²) < 4.78 is 5.45. The smallest absolute Gasteiger partial charge is 0.247 e. The monoisotopic (exact) mass is 155 g/mol. The Labute approximate surface area is 66.4 Å². The van der Waals surface area contributed by atoms with Gasteiger partial charge in [-0.15, -0.1) is 0 Å². The van der Waals surface area contributed by atoms with Crippen LogP contribution in [0.25, 0.3) is 0 Å². The molecule has 0 aromatic heterocycles. The van der Waals surface area contributed by atoms with Gasteiger partial charge in [-0.3, -0.25) is 4.79 Å². The lowest BCUT2D eigenvalue weighted by molar-refractivity contribution is -0.115. The standard InChI is InChI=1S/C8H13NO2/c1-8(2,3)11-6-4-7(10)9-5-6/h4H,5H2,1-3H3,(H,9,10). The maximum absolute atomic E-state index is 10.7. The van der Waals surface area contributed by atoms with Crippen LogP contribution >= 0.6 is 0 Å². The second-order valence-corrected chi connectivity index (χ2v) is 3.54. The molecule has 1 N–H and O–H groups in total. The van der Waals surface area contributed by atoms with Crippen molar-refractivity contribution in [2.24, 2.45) is 0 Å². The second kappa shape index (κ2) is 2.57. The third-order valence-electron chi connectivity index (χ3n) is 1.17. The largest absolute Gasteiger partial charge is 0.490 e. The van der Waals surface area contributed by atoms with Gasteiger partial charge in [-0.1, -0.05) is 0 Å². The number of hydrogen-bond donors (Lipinski definition) is 1. The molecule has 0 aliphatic carbocycles. The van der Waals surface area contributed by atoms with Crippen LogP contribution in [-0.2, 0) is 9.53 Å². The first-order chi connectivity index (χ1) is 4.97. The fraction of sp³-hybridized carbons (Fsp3) is 0.625. The van der Waals surface area contributed by atoms with E-state index in [9.17, 15) is 4.79 Å². The quantitative estimate of drug-likeness (QED) is 0.608. The van der Waals surface area contributed by atoms with Crippen molar-refractivity contribution in [2.75, 3.05) is 6.54 Å². The molecular weight excluding hydrogens is 142 g/mol. The number of carbonyl (C=O) groups is 1. The first-order valence-corrected chi connectivity index (χ1v) is 3.65. The van der Waals surface area contributed by atoms with Gasteiger partial charge in [0.1, 0.15) is 11.4 Å². The van der Waals surface area contributed by atoms with E-state index in [-0.39, 0.29) is 11.5 Å². The Morgan fingerprint density at radius 1 is 1.55 bits per heavy atom. The van der Waals surface area contributed by atoms with E-state index < -0.39 is 0 Å². The Kier molecular flexibility index (Phi) is 1.89. The molecule has 0 unspecified atom stereocenters. The third-order valence-corrected chi connectivity index (χ3v) is 1.17. The van der Waals surface area contributed by atoms with E-state index in [1.807, 2.05) is 20.8 Å². The highest BCUT2D eigenvalue weighted by Crippen LogP contribution is 2.14. The molecule has 3 heteroatoms. The molecule has 0 aromatic carbocycles. The molecule has 0 spiro atoms. The lowest BCUT2D eigenvalue weighted by Crippen LogP contribution is -2.21. The van der Waals surface area contributed by atoms with Crippen LogP contribution in [0.2, 0.25) is 0 Å². The van der Waals surface area contributed by atoms with E-state index in [1.54, 1.807) is 0 Å². The molecule has 1 heterocycles. The van der Waals surface area contributed by atoms with Gasteiger partial charge in [0.2, 0.25) is 5.91 Å². The Hall–Kier alpha value is -0.990. The highest BCUT2D eigenvalue weighted by molar-refractivity contribution is 5.90. The molecule has 1 rings (SSSR count). The molecule has 62 valence electrons. The van der Waals surface area contributed by atoms with Gasteiger partial charge >= 0.3 is 0 Å². The van der Waals surface area contributed by atoms with Crippen LogP contribution in [0, 0.1) is 0 Å². The summed E-state index contributed by atoms with van der Waals surface area (Å²) in [5.41, 5.74) is -0.210. The van der Waals surface area contributed by atoms with Crippen molar-refractivity contribution in [1.82, 2.24) is 5.32 Å². The molecule has 0 fully saturated rings. The Morgan fingerprint density at radius 2 is 2.18 bits per heavy atom. The van der Waals surface area contributed by atoms with Crippen LogP contribution in [-0.4, -0.2) is 18.1 Å². The van der Waals surface area contributed by atoms with Crippen molar-refractivity contribution in [1.29, 1.82) is 0 Å². The molecule has 1 aliphatic heterocycles. The van der Waals surface area contributed by atoms with Gasteiger partial charge in [0.15, 0.2) is 0 Å². The molecule has 0 bridgehead atoms. The van der Waals surface area contributed by atoms with Crippen LogP contribution in [0.1, 0.15) is 20.8 Å². The average Bonchev–Trinajstić information content (AvgIpc) is 2.10. The summed E-state index contributed by atoms with van der Waals surface area (Å²) >= 11 is 0. The topological polar surface area (TPSA) is 38.3 Å². The maximum atomic E-state index is 10.7. The van der Waals surface area contributed by atoms with Crippen LogP contribution in [0.5, 0.6) is 0 Å². The Morgan fingerprint density at radius 3 is 2.55 bits per heavy atom. The number of carbonyl (C=O) groups excluding carboxylic acids is 1. The van der Waals surface area contributed by atoms with Gasteiger partial charge in [-0.05, 0) is 20.8 Å². The Bertz CT molecular complexity index is 201. The summed E-state index contributed by atoms with van der Waals surface area (Å²) in [4.78, 5) is 10.7. The van der Waals surface area contributed by atoms with Crippen LogP contribution in [0.3, 0.4) is 0 Å². The van der Waals surface area contributed by atoms with Crippen molar-refractivity contribution in [3.63, 3.8) is 0 Å². The number of nitrogens with one attached hydrogen (secondary N) is 1. The van der Waals surface area contributed by atoms with Crippen molar-refractivity contribution >= 4 is 5.91 Å². The SMILES string of the molecule is CC(C)(C)OC1=CC(=O)NC1. The summed E-state index contributed by atoms with van der Waals surface area (Å²) in [6, 6.07) is 0. The molecule has 0 saturated heterocycles. The minimum absolute atomic E-state index is 0.0655. The fourth-order valence-electron chi connectivity index (χ4n) is 0.881. The predicted octanol–water partition coefficient (Wildman–Crippen LogP) is 0.815. The minimum atomic E-state index is -0.210. The minimum Gasteiger partial charge on any atom is -0.490 e. The molecule has 11 heavy (non-hydrogen) atoms. The van der Waals surface area contributed by atoms with Gasteiger partial charge in [0, 0.05) is 6.08 Å². The van der Waals surface area contributed by atoms with Crippen LogP contribution in [0.15, 0.2) is 11.8 Å². The van der Waals surface area contributed by atoms with E-state index in [0.717, 1.165) is 5.76 Å². The molecule has 0 saturated carbocycles. The molecular formula is C8H13NO2. The highest BCUT2D eigenvalue weighted by atomic mass is 16.5. The summed E-state index contributed by atoms with van der Waals surface area (Å²) in [5, 5.41) is 2.64. The number of ether oxygens (including phenoxy) is 1. The van der Waals surface area contributed by atoms with Crippen LogP contribution < -0.4 is 5.32 Å². The lowest BCUT2D eigenvalue weighted by atomic mass is 10.2. The lowest BCUT2D eigenvalue weighted by Gasteiger charge is -2.21.